The van der Waals surface area contributed by atoms with Crippen LogP contribution in [-0.4, -0.2) is 119 Å². The fourth-order valence-corrected chi connectivity index (χ4v) is 13.1. The van der Waals surface area contributed by atoms with Crippen LogP contribution in [-0.2, 0) is 14.3 Å². The highest BCUT2D eigenvalue weighted by Gasteiger charge is 2.52. The van der Waals surface area contributed by atoms with Crippen molar-refractivity contribution in [2.75, 3.05) is 44.5 Å². The third-order valence-electron chi connectivity index (χ3n) is 10.0. The molecule has 9 unspecified atom stereocenters. The summed E-state index contributed by atoms with van der Waals surface area (Å²) in [4.78, 5) is 28.3. The van der Waals surface area contributed by atoms with Gasteiger partial charge < -0.3 is 21.1 Å². The van der Waals surface area contributed by atoms with Crippen LogP contribution in [0.25, 0.3) is 0 Å². The molecule has 1 amide bonds. The number of rotatable bonds is 7. The zero-order valence-electron chi connectivity index (χ0n) is 24.0. The van der Waals surface area contributed by atoms with Gasteiger partial charge in [0.1, 0.15) is 6.29 Å². The van der Waals surface area contributed by atoms with E-state index in [4.69, 9.17) is 10.5 Å². The molecule has 7 aliphatic rings. The molecule has 42 heavy (non-hydrogen) atoms. The fraction of sp³-hybridized carbons (Fsp3) is 0.852. The van der Waals surface area contributed by atoms with E-state index in [1.165, 1.54) is 12.8 Å². The number of thioether (sulfide) groups is 3. The summed E-state index contributed by atoms with van der Waals surface area (Å²) in [5.74, 6) is 2.04. The Hall–Kier alpha value is -0.590. The number of carbonyl (C=O) groups excluding carboxylic acids is 2. The number of hydrogen-bond donors (Lipinski definition) is 7. The van der Waals surface area contributed by atoms with Gasteiger partial charge >= 0.3 is 0 Å². The van der Waals surface area contributed by atoms with Crippen molar-refractivity contribution in [3.05, 3.63) is 11.1 Å². The summed E-state index contributed by atoms with van der Waals surface area (Å²) < 4.78 is 5.55. The number of nitrogens with zero attached hydrogens (tertiary/aromatic N) is 2. The Balaban J connectivity index is 1.01. The number of ether oxygens (including phenoxy) is 1. The van der Waals surface area contributed by atoms with Gasteiger partial charge in [0.2, 0.25) is 5.91 Å². The number of amides is 1. The minimum absolute atomic E-state index is 0.0621. The third-order valence-corrected chi connectivity index (χ3v) is 14.7. The summed E-state index contributed by atoms with van der Waals surface area (Å²) in [5.41, 5.74) is 13.8. The first-order valence-electron chi connectivity index (χ1n) is 15.6. The predicted molar refractivity (Wildman–Crippen MR) is 167 cm³/mol. The van der Waals surface area contributed by atoms with Crippen molar-refractivity contribution in [1.29, 1.82) is 0 Å². The standard InChI is InChI=1S/C27H45N9O3S3/c28-16-3-1-2-4-17(16)33-27-34-25(21(24(29)38)26-30-13-31-36(26)27)32-14-9-19(40-11-14)15-12-41-23-18(37)10-20(42-22(15)23)35-5-7-39-8-6-35/h10,14-17,19,21-23,25-27,30-34H,1-9,11-13,28H2,(H2,29,38)/p+1/t14?,15?,16-,17+,19?,21?,22?,23?,25?,26?,27?/m1/s1. The van der Waals surface area contributed by atoms with Crippen molar-refractivity contribution in [2.45, 2.75) is 84.6 Å². The number of nitrogens with one attached hydrogen (secondary N) is 5. The second-order valence-corrected chi connectivity index (χ2v) is 16.3. The monoisotopic (exact) mass is 640 g/mol. The highest BCUT2D eigenvalue weighted by atomic mass is 32.2. The summed E-state index contributed by atoms with van der Waals surface area (Å²) >= 11 is 5.80. The Bertz CT molecular complexity index is 1050. The molecule has 7 rings (SSSR count). The number of hydrazine groups is 1. The molecule has 1 saturated carbocycles. The van der Waals surface area contributed by atoms with Gasteiger partial charge in [-0.15, -0.1) is 23.5 Å². The normalized spacial score (nSPS) is 44.6. The van der Waals surface area contributed by atoms with Gasteiger partial charge in [0, 0.05) is 47.9 Å². The lowest BCUT2D eigenvalue weighted by Gasteiger charge is -2.48. The molecule has 6 fully saturated rings. The maximum absolute atomic E-state index is 13.1. The molecule has 0 radical (unpaired) electrons. The molecule has 234 valence electrons. The minimum Gasteiger partial charge on any atom is -0.378 e. The quantitative estimate of drug-likeness (QED) is 0.167. The third kappa shape index (κ3) is 6.00. The van der Waals surface area contributed by atoms with Gasteiger partial charge in [-0.25, -0.2) is 5.43 Å². The largest absolute Gasteiger partial charge is 0.378 e. The molecule has 6 heterocycles. The molecule has 10 N–H and O–H groups in total. The van der Waals surface area contributed by atoms with Crippen LogP contribution in [0.3, 0.4) is 0 Å². The Kier molecular flexibility index (Phi) is 9.33. The number of primary amides is 1. The van der Waals surface area contributed by atoms with Crippen LogP contribution < -0.4 is 38.2 Å². The minimum atomic E-state index is -0.428. The van der Waals surface area contributed by atoms with E-state index < -0.39 is 5.92 Å². The average Bonchev–Trinajstić information content (AvgIpc) is 3.75. The van der Waals surface area contributed by atoms with Gasteiger partial charge in [-0.1, -0.05) is 6.42 Å². The molecule has 5 saturated heterocycles. The molecule has 0 aromatic rings. The van der Waals surface area contributed by atoms with Gasteiger partial charge in [0.25, 0.3) is 0 Å². The summed E-state index contributed by atoms with van der Waals surface area (Å²) in [6.45, 7) is 3.76. The molecule has 12 nitrogen and oxygen atoms in total. The second kappa shape index (κ2) is 13.0. The maximum atomic E-state index is 13.1. The van der Waals surface area contributed by atoms with Crippen LogP contribution >= 0.6 is 35.3 Å². The molecule has 6 aliphatic heterocycles. The smallest absolute Gasteiger partial charge is 0.226 e. The first-order valence-corrected chi connectivity index (χ1v) is 18.6. The highest BCUT2D eigenvalue weighted by Crippen LogP contribution is 2.51. The van der Waals surface area contributed by atoms with E-state index in [0.717, 1.165) is 62.1 Å². The van der Waals surface area contributed by atoms with Crippen molar-refractivity contribution >= 4 is 47.0 Å². The molecule has 0 aromatic heterocycles. The van der Waals surface area contributed by atoms with Crippen LogP contribution in [0.1, 0.15) is 32.1 Å². The van der Waals surface area contributed by atoms with Gasteiger partial charge in [0.05, 0.1) is 60.5 Å². The Morgan fingerprint density at radius 1 is 1.14 bits per heavy atom. The lowest BCUT2D eigenvalue weighted by Crippen LogP contribution is -2.79. The van der Waals surface area contributed by atoms with Crippen LogP contribution in [0.2, 0.25) is 0 Å². The number of morpholine rings is 1. The van der Waals surface area contributed by atoms with E-state index in [1.54, 1.807) is 0 Å². The number of carbonyl (C=O) groups is 2. The molecular weight excluding hydrogens is 595 g/mol. The SMILES string of the molecule is NC(=O)C1C(NC2CSC(C3CSC4C(=O)C=C(N5CCOCC5)SC43)C2)NC(N[C@H]2CCCC[C@H]2[NH3+])N2NCNC12. The van der Waals surface area contributed by atoms with E-state index in [2.05, 4.69) is 42.3 Å². The number of ketones is 1. The van der Waals surface area contributed by atoms with E-state index in [1.807, 2.05) is 41.4 Å². The maximum Gasteiger partial charge on any atom is 0.226 e. The molecule has 0 spiro atoms. The number of nitrogens with two attached hydrogens (primary N) is 1. The summed E-state index contributed by atoms with van der Waals surface area (Å²) in [5, 5.41) is 18.9. The van der Waals surface area contributed by atoms with Crippen molar-refractivity contribution < 1.29 is 20.1 Å². The van der Waals surface area contributed by atoms with Gasteiger partial charge in [-0.05, 0) is 30.9 Å². The average molecular weight is 641 g/mol. The van der Waals surface area contributed by atoms with Crippen LogP contribution in [0.15, 0.2) is 11.1 Å². The highest BCUT2D eigenvalue weighted by molar-refractivity contribution is 8.07. The van der Waals surface area contributed by atoms with E-state index >= 15 is 0 Å². The lowest BCUT2D eigenvalue weighted by atomic mass is 9.90. The van der Waals surface area contributed by atoms with E-state index in [-0.39, 0.29) is 41.6 Å². The Morgan fingerprint density at radius 2 is 1.98 bits per heavy atom. The number of allylic oxidation sites excluding steroid dienone is 1. The van der Waals surface area contributed by atoms with Crippen LogP contribution in [0, 0.1) is 11.8 Å². The Morgan fingerprint density at radius 3 is 2.79 bits per heavy atom. The number of fused-ring (bicyclic) bond motifs is 2. The molecule has 1 aliphatic carbocycles. The molecule has 15 heteroatoms. The lowest BCUT2D eigenvalue weighted by molar-refractivity contribution is -0.431. The topological polar surface area (TPSA) is 164 Å². The van der Waals surface area contributed by atoms with Gasteiger partial charge in [-0.3, -0.25) is 30.9 Å². The summed E-state index contributed by atoms with van der Waals surface area (Å²) in [7, 11) is 0. The van der Waals surface area contributed by atoms with Gasteiger partial charge in [0.15, 0.2) is 5.78 Å². The van der Waals surface area contributed by atoms with Gasteiger partial charge in [-0.2, -0.15) is 16.8 Å². The zero-order chi connectivity index (χ0) is 28.8. The van der Waals surface area contributed by atoms with Crippen molar-refractivity contribution in [3.8, 4) is 0 Å². The predicted octanol–water partition coefficient (Wildman–Crippen LogP) is -1.81. The van der Waals surface area contributed by atoms with Crippen molar-refractivity contribution in [2.24, 2.45) is 17.6 Å². The fourth-order valence-electron chi connectivity index (χ4n) is 7.75. The Labute approximate surface area is 260 Å². The van der Waals surface area contributed by atoms with E-state index in [0.29, 0.717) is 35.2 Å². The number of hydrogen-bond acceptors (Lipinski definition) is 13. The van der Waals surface area contributed by atoms with Crippen molar-refractivity contribution in [3.63, 3.8) is 0 Å². The second-order valence-electron chi connectivity index (χ2n) is 12.6. The molecule has 11 atom stereocenters. The molecular formula is C27H46N9O3S3+. The summed E-state index contributed by atoms with van der Waals surface area (Å²) in [6.07, 6.45) is 7.03. The first kappa shape index (κ1) is 30.1. The first-order chi connectivity index (χ1) is 20.5. The molecule has 0 aromatic carbocycles. The number of quaternary nitrogens is 1. The summed E-state index contributed by atoms with van der Waals surface area (Å²) in [6, 6.07) is 0.966. The zero-order valence-corrected chi connectivity index (χ0v) is 26.5. The molecule has 0 bridgehead atoms. The van der Waals surface area contributed by atoms with Crippen LogP contribution in [0.4, 0.5) is 0 Å². The van der Waals surface area contributed by atoms with Crippen molar-refractivity contribution in [1.82, 2.24) is 36.6 Å². The van der Waals surface area contributed by atoms with Crippen LogP contribution in [0.5, 0.6) is 0 Å². The van der Waals surface area contributed by atoms with E-state index in [9.17, 15) is 9.59 Å².